The van der Waals surface area contributed by atoms with E-state index in [1.165, 1.54) is 12.1 Å². The zero-order valence-electron chi connectivity index (χ0n) is 7.91. The highest BCUT2D eigenvalue weighted by atomic mass is 35.5. The maximum atomic E-state index is 11.1. The number of hydrogen-bond acceptors (Lipinski definition) is 3. The van der Waals surface area contributed by atoms with Gasteiger partial charge in [-0.15, -0.1) is 0 Å². The van der Waals surface area contributed by atoms with Crippen LogP contribution >= 0.6 is 23.2 Å². The van der Waals surface area contributed by atoms with Crippen LogP contribution in [0.5, 0.6) is 0 Å². The van der Waals surface area contributed by atoms with E-state index in [9.17, 15) is 14.7 Å². The summed E-state index contributed by atoms with van der Waals surface area (Å²) < 4.78 is 0. The Balaban J connectivity index is 3.39. The lowest BCUT2D eigenvalue weighted by Crippen LogP contribution is -2.51. The van der Waals surface area contributed by atoms with E-state index in [4.69, 9.17) is 34.7 Å². The Kier molecular flexibility index (Phi) is 3.42. The normalized spacial score (nSPS) is 11.2. The molecule has 0 bridgehead atoms. The minimum absolute atomic E-state index is 0.0695. The summed E-state index contributed by atoms with van der Waals surface area (Å²) in [4.78, 5) is 22.1. The van der Waals surface area contributed by atoms with Crippen molar-refractivity contribution in [3.63, 3.8) is 0 Å². The lowest BCUT2D eigenvalue weighted by Gasteiger charge is -2.21. The van der Waals surface area contributed by atoms with Crippen molar-refractivity contribution < 1.29 is 14.7 Å². The molecule has 0 heterocycles. The molecule has 1 rings (SSSR count). The second-order valence-corrected chi connectivity index (χ2v) is 3.88. The molecule has 1 aromatic carbocycles. The summed E-state index contributed by atoms with van der Waals surface area (Å²) in [7, 11) is 0. The van der Waals surface area contributed by atoms with Crippen molar-refractivity contribution in [1.29, 1.82) is 0 Å². The van der Waals surface area contributed by atoms with Crippen LogP contribution in [0.1, 0.15) is 5.56 Å². The number of halogens is 2. The summed E-state index contributed by atoms with van der Waals surface area (Å²) >= 11 is 11.3. The number of rotatable bonds is 3. The summed E-state index contributed by atoms with van der Waals surface area (Å²) in [5.41, 5.74) is 7.14. The molecule has 0 saturated heterocycles. The lowest BCUT2D eigenvalue weighted by molar-refractivity contribution is -0.150. The predicted molar refractivity (Wildman–Crippen MR) is 58.7 cm³/mol. The Bertz CT molecular complexity index is 448. The quantitative estimate of drug-likeness (QED) is 0.675. The SMILES string of the molecule is NC(=O)C(O)(C(N)=O)c1ccc(Cl)c(Cl)c1. The van der Waals surface area contributed by atoms with Gasteiger partial charge in [0.25, 0.3) is 11.8 Å². The molecule has 16 heavy (non-hydrogen) atoms. The molecule has 0 aliphatic carbocycles. The predicted octanol–water partition coefficient (Wildman–Crippen LogP) is 0.152. The van der Waals surface area contributed by atoms with Crippen molar-refractivity contribution in [1.82, 2.24) is 0 Å². The number of nitrogens with two attached hydrogens (primary N) is 2. The van der Waals surface area contributed by atoms with Gasteiger partial charge in [0.2, 0.25) is 5.60 Å². The molecule has 86 valence electrons. The van der Waals surface area contributed by atoms with Crippen molar-refractivity contribution in [3.8, 4) is 0 Å². The molecule has 0 aliphatic heterocycles. The van der Waals surface area contributed by atoms with E-state index in [1.807, 2.05) is 0 Å². The van der Waals surface area contributed by atoms with Gasteiger partial charge in [-0.1, -0.05) is 29.3 Å². The molecule has 5 nitrogen and oxygen atoms in total. The standard InChI is InChI=1S/C9H8Cl2N2O3/c10-5-2-1-4(3-6(5)11)9(16,7(12)14)8(13)15/h1-3,16H,(H2,12,14)(H2,13,15). The average molecular weight is 263 g/mol. The third-order valence-electron chi connectivity index (χ3n) is 2.05. The van der Waals surface area contributed by atoms with E-state index in [1.54, 1.807) is 0 Å². The Morgan fingerprint density at radius 3 is 2.00 bits per heavy atom. The Labute approximate surface area is 101 Å². The van der Waals surface area contributed by atoms with Crippen LogP contribution in [0, 0.1) is 0 Å². The van der Waals surface area contributed by atoms with Crippen LogP contribution in [0.2, 0.25) is 10.0 Å². The molecule has 0 spiro atoms. The van der Waals surface area contributed by atoms with Crippen molar-refractivity contribution in [2.75, 3.05) is 0 Å². The molecule has 7 heteroatoms. The first-order chi connectivity index (χ1) is 7.30. The number of carbonyl (C=O) groups excluding carboxylic acids is 2. The molecule has 2 amide bonds. The van der Waals surface area contributed by atoms with Gasteiger partial charge in [0.05, 0.1) is 10.0 Å². The number of benzene rings is 1. The number of aliphatic hydroxyl groups is 1. The summed E-state index contributed by atoms with van der Waals surface area (Å²) in [5.74, 6) is -2.56. The van der Waals surface area contributed by atoms with Gasteiger partial charge in [-0.3, -0.25) is 9.59 Å². The summed E-state index contributed by atoms with van der Waals surface area (Å²) in [6.45, 7) is 0. The van der Waals surface area contributed by atoms with Gasteiger partial charge in [0.1, 0.15) is 0 Å². The van der Waals surface area contributed by atoms with Crippen LogP contribution in [0.4, 0.5) is 0 Å². The van der Waals surface area contributed by atoms with Crippen molar-refractivity contribution in [2.45, 2.75) is 5.60 Å². The Morgan fingerprint density at radius 1 is 1.12 bits per heavy atom. The molecule has 0 atom stereocenters. The lowest BCUT2D eigenvalue weighted by atomic mass is 9.92. The third-order valence-corrected chi connectivity index (χ3v) is 2.79. The van der Waals surface area contributed by atoms with Crippen LogP contribution in [0.15, 0.2) is 18.2 Å². The zero-order chi connectivity index (χ0) is 12.5. The van der Waals surface area contributed by atoms with Crippen LogP contribution in [-0.4, -0.2) is 16.9 Å². The molecule has 0 aliphatic rings. The fourth-order valence-corrected chi connectivity index (χ4v) is 1.43. The second-order valence-electron chi connectivity index (χ2n) is 3.07. The van der Waals surface area contributed by atoms with E-state index in [0.29, 0.717) is 0 Å². The first-order valence-electron chi connectivity index (χ1n) is 4.08. The highest BCUT2D eigenvalue weighted by molar-refractivity contribution is 6.42. The highest BCUT2D eigenvalue weighted by Gasteiger charge is 2.42. The molecule has 0 radical (unpaired) electrons. The van der Waals surface area contributed by atoms with E-state index in [-0.39, 0.29) is 15.6 Å². The van der Waals surface area contributed by atoms with E-state index in [2.05, 4.69) is 0 Å². The van der Waals surface area contributed by atoms with Crippen LogP contribution in [-0.2, 0) is 15.2 Å². The van der Waals surface area contributed by atoms with Crippen molar-refractivity contribution in [3.05, 3.63) is 33.8 Å². The van der Waals surface area contributed by atoms with Crippen LogP contribution < -0.4 is 11.5 Å². The molecular formula is C9H8Cl2N2O3. The van der Waals surface area contributed by atoms with Gasteiger partial charge in [-0.05, 0) is 12.1 Å². The van der Waals surface area contributed by atoms with Gasteiger partial charge in [-0.2, -0.15) is 0 Å². The molecule has 5 N–H and O–H groups in total. The summed E-state index contributed by atoms with van der Waals surface area (Å²) in [5, 5.41) is 10.1. The number of carbonyl (C=O) groups is 2. The van der Waals surface area contributed by atoms with E-state index < -0.39 is 17.4 Å². The first kappa shape index (κ1) is 12.8. The third kappa shape index (κ3) is 1.97. The second kappa shape index (κ2) is 4.29. The topological polar surface area (TPSA) is 106 Å². The molecule has 0 fully saturated rings. The number of hydrogen-bond donors (Lipinski definition) is 3. The highest BCUT2D eigenvalue weighted by Crippen LogP contribution is 2.28. The van der Waals surface area contributed by atoms with Crippen molar-refractivity contribution >= 4 is 35.0 Å². The maximum absolute atomic E-state index is 11.1. The summed E-state index contributed by atoms with van der Waals surface area (Å²) in [6, 6.07) is 3.71. The Morgan fingerprint density at radius 2 is 1.62 bits per heavy atom. The maximum Gasteiger partial charge on any atom is 0.264 e. The van der Waals surface area contributed by atoms with Gasteiger partial charge in [0.15, 0.2) is 0 Å². The smallest absolute Gasteiger partial charge is 0.264 e. The van der Waals surface area contributed by atoms with Gasteiger partial charge in [0, 0.05) is 5.56 Å². The van der Waals surface area contributed by atoms with Crippen molar-refractivity contribution in [2.24, 2.45) is 11.5 Å². The Hall–Kier alpha value is -1.30. The molecular weight excluding hydrogens is 255 g/mol. The first-order valence-corrected chi connectivity index (χ1v) is 4.83. The fourth-order valence-electron chi connectivity index (χ4n) is 1.13. The molecule has 0 saturated carbocycles. The molecule has 0 unspecified atom stereocenters. The monoisotopic (exact) mass is 262 g/mol. The largest absolute Gasteiger partial charge is 0.368 e. The fraction of sp³-hybridized carbons (Fsp3) is 0.111. The van der Waals surface area contributed by atoms with Crippen LogP contribution in [0.25, 0.3) is 0 Å². The van der Waals surface area contributed by atoms with Crippen LogP contribution in [0.3, 0.4) is 0 Å². The number of primary amides is 2. The zero-order valence-corrected chi connectivity index (χ0v) is 9.42. The van der Waals surface area contributed by atoms with E-state index in [0.717, 1.165) is 6.07 Å². The van der Waals surface area contributed by atoms with E-state index >= 15 is 0 Å². The van der Waals surface area contributed by atoms with Gasteiger partial charge >= 0.3 is 0 Å². The molecule has 1 aromatic rings. The number of amides is 2. The minimum Gasteiger partial charge on any atom is -0.368 e. The summed E-state index contributed by atoms with van der Waals surface area (Å²) in [6.07, 6.45) is 0. The van der Waals surface area contributed by atoms with Gasteiger partial charge < -0.3 is 16.6 Å². The minimum atomic E-state index is -2.59. The van der Waals surface area contributed by atoms with Gasteiger partial charge in [-0.25, -0.2) is 0 Å². The molecule has 0 aromatic heterocycles. The average Bonchev–Trinajstić information content (AvgIpc) is 2.20.